The van der Waals surface area contributed by atoms with Gasteiger partial charge in [-0.1, -0.05) is 48.0 Å². The Bertz CT molecular complexity index is 964. The van der Waals surface area contributed by atoms with Crippen LogP contribution in [-0.2, 0) is 22.5 Å². The summed E-state index contributed by atoms with van der Waals surface area (Å²) < 4.78 is 4.84. The van der Waals surface area contributed by atoms with Crippen LogP contribution in [0.4, 0.5) is 4.79 Å². The second-order valence-corrected chi connectivity index (χ2v) is 7.49. The molecule has 0 radical (unpaired) electrons. The molecule has 150 valence electrons. The van der Waals surface area contributed by atoms with Gasteiger partial charge in [0.05, 0.1) is 16.6 Å². The largest absolute Gasteiger partial charge is 0.447 e. The third-order valence-electron chi connectivity index (χ3n) is 5.18. The lowest BCUT2D eigenvalue weighted by molar-refractivity contribution is -0.126. The molecule has 2 atom stereocenters. The van der Waals surface area contributed by atoms with E-state index < -0.39 is 12.1 Å². The number of nitrogens with zero attached hydrogens (tertiary/aromatic N) is 1. The number of carbonyl (C=O) groups excluding carboxylic acids is 3. The van der Waals surface area contributed by atoms with Crippen LogP contribution < -0.4 is 10.6 Å². The van der Waals surface area contributed by atoms with Gasteiger partial charge in [-0.05, 0) is 23.3 Å². The fourth-order valence-electron chi connectivity index (χ4n) is 3.64. The number of carbonyl (C=O) groups is 3. The standard InChI is InChI=1S/C21H20ClN3O4/c22-17-8-4-3-7-16(17)20(27)25-11-14-6-2-1-5-13(14)9-18(25)19(26)23-10-15-12-29-21(28)24-15/h1-8,15,18H,9-12H2,(H,23,26)(H,24,28). The molecule has 7 nitrogen and oxygen atoms in total. The van der Waals surface area contributed by atoms with Crippen molar-refractivity contribution in [3.63, 3.8) is 0 Å². The highest BCUT2D eigenvalue weighted by atomic mass is 35.5. The maximum absolute atomic E-state index is 13.2. The Kier molecular flexibility index (Phi) is 5.40. The van der Waals surface area contributed by atoms with Gasteiger partial charge in [0, 0.05) is 19.5 Å². The number of nitrogens with one attached hydrogen (secondary N) is 2. The van der Waals surface area contributed by atoms with Crippen molar-refractivity contribution >= 4 is 29.5 Å². The van der Waals surface area contributed by atoms with Crippen LogP contribution in [-0.4, -0.2) is 48.0 Å². The summed E-state index contributed by atoms with van der Waals surface area (Å²) in [6.45, 7) is 0.757. The van der Waals surface area contributed by atoms with Gasteiger partial charge >= 0.3 is 6.09 Å². The minimum Gasteiger partial charge on any atom is -0.447 e. The Morgan fingerprint density at radius 3 is 2.59 bits per heavy atom. The van der Waals surface area contributed by atoms with Crippen molar-refractivity contribution < 1.29 is 19.1 Å². The molecule has 0 saturated carbocycles. The van der Waals surface area contributed by atoms with Crippen LogP contribution >= 0.6 is 11.6 Å². The number of halogens is 1. The highest BCUT2D eigenvalue weighted by Crippen LogP contribution is 2.27. The highest BCUT2D eigenvalue weighted by Gasteiger charge is 2.36. The topological polar surface area (TPSA) is 87.7 Å². The Morgan fingerprint density at radius 2 is 1.86 bits per heavy atom. The van der Waals surface area contributed by atoms with Crippen LogP contribution in [0.1, 0.15) is 21.5 Å². The second kappa shape index (κ2) is 8.13. The first kappa shape index (κ1) is 19.3. The molecule has 1 saturated heterocycles. The van der Waals surface area contributed by atoms with E-state index in [9.17, 15) is 14.4 Å². The van der Waals surface area contributed by atoms with E-state index in [-0.39, 0.29) is 31.0 Å². The van der Waals surface area contributed by atoms with Crippen molar-refractivity contribution in [2.75, 3.05) is 13.2 Å². The summed E-state index contributed by atoms with van der Waals surface area (Å²) in [6.07, 6.45) is -0.0856. The fraction of sp³-hybridized carbons (Fsp3) is 0.286. The third kappa shape index (κ3) is 4.05. The number of ether oxygens (including phenoxy) is 1. The average Bonchev–Trinajstić information content (AvgIpc) is 3.16. The summed E-state index contributed by atoms with van der Waals surface area (Å²) in [7, 11) is 0. The lowest BCUT2D eigenvalue weighted by Gasteiger charge is -2.36. The number of rotatable bonds is 4. The maximum Gasteiger partial charge on any atom is 0.407 e. The molecule has 3 amide bonds. The first-order chi connectivity index (χ1) is 14.0. The summed E-state index contributed by atoms with van der Waals surface area (Å²) in [4.78, 5) is 38.9. The molecular weight excluding hydrogens is 394 g/mol. The van der Waals surface area contributed by atoms with Crippen molar-refractivity contribution in [3.05, 3.63) is 70.2 Å². The van der Waals surface area contributed by atoms with Crippen LogP contribution in [0.15, 0.2) is 48.5 Å². The second-order valence-electron chi connectivity index (χ2n) is 7.09. The van der Waals surface area contributed by atoms with Gasteiger partial charge in [0.25, 0.3) is 5.91 Å². The quantitative estimate of drug-likeness (QED) is 0.803. The van der Waals surface area contributed by atoms with Gasteiger partial charge in [-0.2, -0.15) is 0 Å². The zero-order chi connectivity index (χ0) is 20.4. The van der Waals surface area contributed by atoms with Gasteiger partial charge in [0.15, 0.2) is 0 Å². The van der Waals surface area contributed by atoms with Crippen LogP contribution in [0, 0.1) is 0 Å². The van der Waals surface area contributed by atoms with Crippen molar-refractivity contribution in [2.45, 2.75) is 25.0 Å². The first-order valence-corrected chi connectivity index (χ1v) is 9.74. The van der Waals surface area contributed by atoms with Crippen LogP contribution in [0.2, 0.25) is 5.02 Å². The van der Waals surface area contributed by atoms with Crippen molar-refractivity contribution in [2.24, 2.45) is 0 Å². The molecule has 2 unspecified atom stereocenters. The number of hydrogen-bond donors (Lipinski definition) is 2. The third-order valence-corrected chi connectivity index (χ3v) is 5.51. The maximum atomic E-state index is 13.2. The van der Waals surface area contributed by atoms with Crippen molar-refractivity contribution in [1.29, 1.82) is 0 Å². The molecule has 4 rings (SSSR count). The van der Waals surface area contributed by atoms with E-state index in [1.807, 2.05) is 24.3 Å². The van der Waals surface area contributed by atoms with E-state index in [0.717, 1.165) is 11.1 Å². The summed E-state index contributed by atoms with van der Waals surface area (Å²) in [5.41, 5.74) is 2.41. The number of cyclic esters (lactones) is 1. The molecule has 2 aromatic rings. The molecule has 2 aromatic carbocycles. The monoisotopic (exact) mass is 413 g/mol. The van der Waals surface area contributed by atoms with Crippen molar-refractivity contribution in [3.8, 4) is 0 Å². The average molecular weight is 414 g/mol. The molecule has 2 aliphatic heterocycles. The zero-order valence-electron chi connectivity index (χ0n) is 15.6. The number of benzene rings is 2. The van der Waals surface area contributed by atoms with E-state index in [1.54, 1.807) is 29.2 Å². The summed E-state index contributed by atoms with van der Waals surface area (Å²) in [5.74, 6) is -0.566. The lowest BCUT2D eigenvalue weighted by atomic mass is 9.92. The summed E-state index contributed by atoms with van der Waals surface area (Å²) >= 11 is 6.22. The van der Waals surface area contributed by atoms with Crippen LogP contribution in [0.5, 0.6) is 0 Å². The van der Waals surface area contributed by atoms with Crippen LogP contribution in [0.3, 0.4) is 0 Å². The van der Waals surface area contributed by atoms with Crippen molar-refractivity contribution in [1.82, 2.24) is 15.5 Å². The predicted octanol–water partition coefficient (Wildman–Crippen LogP) is 2.13. The van der Waals surface area contributed by atoms with E-state index in [4.69, 9.17) is 16.3 Å². The van der Waals surface area contributed by atoms with Gasteiger partial charge in [-0.25, -0.2) is 4.79 Å². The molecule has 0 aromatic heterocycles. The van der Waals surface area contributed by atoms with E-state index in [0.29, 0.717) is 23.6 Å². The lowest BCUT2D eigenvalue weighted by Crippen LogP contribution is -2.54. The molecule has 0 bridgehead atoms. The molecule has 2 heterocycles. The molecule has 2 aliphatic rings. The van der Waals surface area contributed by atoms with E-state index >= 15 is 0 Å². The highest BCUT2D eigenvalue weighted by molar-refractivity contribution is 6.33. The minimum absolute atomic E-state index is 0.203. The Labute approximate surface area is 173 Å². The Balaban J connectivity index is 1.56. The summed E-state index contributed by atoms with van der Waals surface area (Å²) in [6, 6.07) is 13.6. The number of amides is 3. The SMILES string of the molecule is O=C1NC(CNC(=O)C2Cc3ccccc3CN2C(=O)c2ccccc2Cl)CO1. The molecule has 0 aliphatic carbocycles. The smallest absolute Gasteiger partial charge is 0.407 e. The Morgan fingerprint density at radius 1 is 1.14 bits per heavy atom. The van der Waals surface area contributed by atoms with E-state index in [2.05, 4.69) is 10.6 Å². The molecule has 0 spiro atoms. The van der Waals surface area contributed by atoms with E-state index in [1.165, 1.54) is 0 Å². The molecular formula is C21H20ClN3O4. The van der Waals surface area contributed by atoms with Gasteiger partial charge < -0.3 is 20.3 Å². The van der Waals surface area contributed by atoms with Gasteiger partial charge in [0.1, 0.15) is 12.6 Å². The number of alkyl carbamates (subject to hydrolysis) is 1. The number of hydrogen-bond acceptors (Lipinski definition) is 4. The van der Waals surface area contributed by atoms with Gasteiger partial charge in [0.2, 0.25) is 5.91 Å². The molecule has 8 heteroatoms. The molecule has 29 heavy (non-hydrogen) atoms. The minimum atomic E-state index is -0.674. The predicted molar refractivity (Wildman–Crippen MR) is 107 cm³/mol. The van der Waals surface area contributed by atoms with Gasteiger partial charge in [-0.3, -0.25) is 9.59 Å². The fourth-order valence-corrected chi connectivity index (χ4v) is 3.85. The first-order valence-electron chi connectivity index (χ1n) is 9.36. The zero-order valence-corrected chi connectivity index (χ0v) is 16.3. The van der Waals surface area contributed by atoms with Crippen LogP contribution in [0.25, 0.3) is 0 Å². The molecule has 2 N–H and O–H groups in total. The number of fused-ring (bicyclic) bond motifs is 1. The Hall–Kier alpha value is -3.06. The summed E-state index contributed by atoms with van der Waals surface area (Å²) in [5, 5.41) is 5.81. The van der Waals surface area contributed by atoms with Gasteiger partial charge in [-0.15, -0.1) is 0 Å². The molecule has 1 fully saturated rings. The normalized spacial score (nSPS) is 20.4.